The number of amides is 1. The number of nitrogens with zero attached hydrogens (tertiary/aromatic N) is 2. The summed E-state index contributed by atoms with van der Waals surface area (Å²) in [5.74, 6) is 0.459. The van der Waals surface area contributed by atoms with E-state index in [1.54, 1.807) is 4.90 Å². The molecule has 0 atom stereocenters. The van der Waals surface area contributed by atoms with E-state index in [1.807, 2.05) is 6.92 Å². The molecular formula is C14H17ClN2O3. The van der Waals surface area contributed by atoms with Crippen LogP contribution in [0.15, 0.2) is 18.2 Å². The quantitative estimate of drug-likeness (QED) is 0.596. The Morgan fingerprint density at radius 2 is 2.20 bits per heavy atom. The summed E-state index contributed by atoms with van der Waals surface area (Å²) < 4.78 is 0. The lowest BCUT2D eigenvalue weighted by molar-refractivity contribution is -0.384. The summed E-state index contributed by atoms with van der Waals surface area (Å²) in [7, 11) is 0. The van der Waals surface area contributed by atoms with Gasteiger partial charge >= 0.3 is 0 Å². The van der Waals surface area contributed by atoms with E-state index in [1.165, 1.54) is 31.0 Å². The molecule has 0 spiro atoms. The number of hydrogen-bond acceptors (Lipinski definition) is 3. The third kappa shape index (κ3) is 3.48. The summed E-state index contributed by atoms with van der Waals surface area (Å²) in [6, 6.07) is 3.99. The minimum Gasteiger partial charge on any atom is -0.338 e. The van der Waals surface area contributed by atoms with Gasteiger partial charge in [-0.15, -0.1) is 0 Å². The van der Waals surface area contributed by atoms with Crippen LogP contribution < -0.4 is 0 Å². The summed E-state index contributed by atoms with van der Waals surface area (Å²) in [6.07, 6.45) is 3.21. The third-order valence-corrected chi connectivity index (χ3v) is 3.66. The molecule has 1 amide bonds. The minimum absolute atomic E-state index is 0.101. The SMILES string of the molecule is CCCN(CC1CC1)C(=O)c1ccc([N+](=O)[O-])cc1Cl. The van der Waals surface area contributed by atoms with Crippen molar-refractivity contribution in [1.82, 2.24) is 4.90 Å². The maximum absolute atomic E-state index is 12.5. The smallest absolute Gasteiger partial charge is 0.270 e. The number of nitro groups is 1. The summed E-state index contributed by atoms with van der Waals surface area (Å²) in [5.41, 5.74) is 0.238. The number of nitro benzene ring substituents is 1. The Kier molecular flexibility index (Phi) is 4.60. The molecule has 20 heavy (non-hydrogen) atoms. The predicted octanol–water partition coefficient (Wildman–Crippen LogP) is 3.51. The molecule has 108 valence electrons. The van der Waals surface area contributed by atoms with Gasteiger partial charge in [0.2, 0.25) is 0 Å². The van der Waals surface area contributed by atoms with E-state index in [2.05, 4.69) is 0 Å². The summed E-state index contributed by atoms with van der Waals surface area (Å²) in [4.78, 5) is 24.4. The average molecular weight is 297 g/mol. The Hall–Kier alpha value is -1.62. The second-order valence-corrected chi connectivity index (χ2v) is 5.52. The second-order valence-electron chi connectivity index (χ2n) is 5.12. The third-order valence-electron chi connectivity index (χ3n) is 3.35. The number of hydrogen-bond donors (Lipinski definition) is 0. The molecule has 1 aliphatic rings. The average Bonchev–Trinajstić information content (AvgIpc) is 3.21. The zero-order chi connectivity index (χ0) is 14.7. The van der Waals surface area contributed by atoms with Crippen molar-refractivity contribution in [2.75, 3.05) is 13.1 Å². The molecule has 1 aliphatic carbocycles. The molecule has 0 saturated heterocycles. The molecule has 0 aromatic heterocycles. The Bertz CT molecular complexity index is 529. The Balaban J connectivity index is 2.19. The van der Waals surface area contributed by atoms with Crippen molar-refractivity contribution in [3.63, 3.8) is 0 Å². The largest absolute Gasteiger partial charge is 0.338 e. The highest BCUT2D eigenvalue weighted by atomic mass is 35.5. The Labute approximate surface area is 122 Å². The van der Waals surface area contributed by atoms with Crippen LogP contribution >= 0.6 is 11.6 Å². The van der Waals surface area contributed by atoms with Crippen LogP contribution in [0.5, 0.6) is 0 Å². The lowest BCUT2D eigenvalue weighted by atomic mass is 10.1. The molecule has 1 fully saturated rings. The van der Waals surface area contributed by atoms with E-state index in [0.29, 0.717) is 18.0 Å². The van der Waals surface area contributed by atoms with E-state index in [0.717, 1.165) is 13.0 Å². The standard InChI is InChI=1S/C14H17ClN2O3/c1-2-7-16(9-10-3-4-10)14(18)12-6-5-11(17(19)20)8-13(12)15/h5-6,8,10H,2-4,7,9H2,1H3. The van der Waals surface area contributed by atoms with Gasteiger partial charge in [0.25, 0.3) is 11.6 Å². The van der Waals surface area contributed by atoms with Crippen LogP contribution in [0.1, 0.15) is 36.5 Å². The van der Waals surface area contributed by atoms with Gasteiger partial charge in [0, 0.05) is 25.2 Å². The molecule has 1 aromatic carbocycles. The number of carbonyl (C=O) groups excluding carboxylic acids is 1. The van der Waals surface area contributed by atoms with Crippen LogP contribution in [0.4, 0.5) is 5.69 Å². The molecule has 1 saturated carbocycles. The van der Waals surface area contributed by atoms with E-state index < -0.39 is 4.92 Å². The first-order valence-electron chi connectivity index (χ1n) is 6.76. The molecule has 5 nitrogen and oxygen atoms in total. The topological polar surface area (TPSA) is 63.5 Å². The van der Waals surface area contributed by atoms with Crippen molar-refractivity contribution in [3.05, 3.63) is 38.9 Å². The summed E-state index contributed by atoms with van der Waals surface area (Å²) in [6.45, 7) is 3.45. The normalized spacial score (nSPS) is 14.1. The fraction of sp³-hybridized carbons (Fsp3) is 0.500. The number of non-ortho nitro benzene ring substituents is 1. The monoisotopic (exact) mass is 296 g/mol. The van der Waals surface area contributed by atoms with Crippen molar-refractivity contribution in [2.45, 2.75) is 26.2 Å². The summed E-state index contributed by atoms with van der Waals surface area (Å²) in [5, 5.41) is 10.8. The van der Waals surface area contributed by atoms with Crippen molar-refractivity contribution in [2.24, 2.45) is 5.92 Å². The zero-order valence-corrected chi connectivity index (χ0v) is 12.1. The van der Waals surface area contributed by atoms with Gasteiger partial charge in [0.15, 0.2) is 0 Å². The fourth-order valence-corrected chi connectivity index (χ4v) is 2.37. The van der Waals surface area contributed by atoms with Gasteiger partial charge in [-0.1, -0.05) is 18.5 Å². The van der Waals surface area contributed by atoms with E-state index in [4.69, 9.17) is 11.6 Å². The highest BCUT2D eigenvalue weighted by Crippen LogP contribution is 2.31. The van der Waals surface area contributed by atoms with Gasteiger partial charge in [0.1, 0.15) is 0 Å². The second kappa shape index (κ2) is 6.22. The first kappa shape index (κ1) is 14.8. The van der Waals surface area contributed by atoms with Crippen molar-refractivity contribution in [3.8, 4) is 0 Å². The van der Waals surface area contributed by atoms with Gasteiger partial charge in [-0.05, 0) is 31.2 Å². The Morgan fingerprint density at radius 3 is 2.70 bits per heavy atom. The molecule has 6 heteroatoms. The molecular weight excluding hydrogens is 280 g/mol. The van der Waals surface area contributed by atoms with Gasteiger partial charge in [-0.2, -0.15) is 0 Å². The molecule has 0 heterocycles. The van der Waals surface area contributed by atoms with E-state index in [-0.39, 0.29) is 16.6 Å². The molecule has 0 bridgehead atoms. The highest BCUT2D eigenvalue weighted by Gasteiger charge is 2.28. The number of benzene rings is 1. The van der Waals surface area contributed by atoms with Gasteiger partial charge in [-0.25, -0.2) is 0 Å². The molecule has 0 radical (unpaired) electrons. The molecule has 0 unspecified atom stereocenters. The van der Waals surface area contributed by atoms with Crippen LogP contribution in [-0.4, -0.2) is 28.8 Å². The predicted molar refractivity (Wildman–Crippen MR) is 77.0 cm³/mol. The first-order valence-corrected chi connectivity index (χ1v) is 7.14. The molecule has 2 rings (SSSR count). The van der Waals surface area contributed by atoms with Crippen molar-refractivity contribution < 1.29 is 9.72 Å². The van der Waals surface area contributed by atoms with E-state index in [9.17, 15) is 14.9 Å². The van der Waals surface area contributed by atoms with E-state index >= 15 is 0 Å². The highest BCUT2D eigenvalue weighted by molar-refractivity contribution is 6.34. The Morgan fingerprint density at radius 1 is 1.50 bits per heavy atom. The number of rotatable bonds is 6. The van der Waals surface area contributed by atoms with Crippen LogP contribution in [0.25, 0.3) is 0 Å². The number of carbonyl (C=O) groups is 1. The molecule has 0 N–H and O–H groups in total. The van der Waals surface area contributed by atoms with Crippen LogP contribution in [-0.2, 0) is 0 Å². The number of halogens is 1. The van der Waals surface area contributed by atoms with Crippen LogP contribution in [0.2, 0.25) is 5.02 Å². The molecule has 0 aliphatic heterocycles. The molecule has 1 aromatic rings. The zero-order valence-electron chi connectivity index (χ0n) is 11.3. The van der Waals surface area contributed by atoms with Crippen LogP contribution in [0.3, 0.4) is 0 Å². The maximum Gasteiger partial charge on any atom is 0.270 e. The lowest BCUT2D eigenvalue weighted by Crippen LogP contribution is -2.33. The van der Waals surface area contributed by atoms with Gasteiger partial charge in [0.05, 0.1) is 15.5 Å². The van der Waals surface area contributed by atoms with Gasteiger partial charge < -0.3 is 4.90 Å². The lowest BCUT2D eigenvalue weighted by Gasteiger charge is -2.22. The first-order chi connectivity index (χ1) is 9.52. The maximum atomic E-state index is 12.5. The minimum atomic E-state index is -0.520. The van der Waals surface area contributed by atoms with Crippen molar-refractivity contribution >= 4 is 23.2 Å². The summed E-state index contributed by atoms with van der Waals surface area (Å²) >= 11 is 6.01. The van der Waals surface area contributed by atoms with Gasteiger partial charge in [-0.3, -0.25) is 14.9 Å². The van der Waals surface area contributed by atoms with Crippen LogP contribution in [0, 0.1) is 16.0 Å². The fourth-order valence-electron chi connectivity index (χ4n) is 2.12. The van der Waals surface area contributed by atoms with Crippen molar-refractivity contribution in [1.29, 1.82) is 0 Å².